The van der Waals surface area contributed by atoms with Crippen LogP contribution < -0.4 is 10.6 Å². The van der Waals surface area contributed by atoms with E-state index in [0.29, 0.717) is 0 Å². The van der Waals surface area contributed by atoms with Gasteiger partial charge in [0.15, 0.2) is 0 Å². The van der Waals surface area contributed by atoms with E-state index in [1.165, 1.54) is 0 Å². The third-order valence-corrected chi connectivity index (χ3v) is 4.00. The molecule has 20 heavy (non-hydrogen) atoms. The SMILES string of the molecule is CCNC(C)(C)C(=O)Nc1ccc(Br)c2ccccc12. The summed E-state index contributed by atoms with van der Waals surface area (Å²) in [5.74, 6) is -0.0353. The molecule has 2 aromatic carbocycles. The fourth-order valence-electron chi connectivity index (χ4n) is 2.17. The Morgan fingerprint density at radius 2 is 1.80 bits per heavy atom. The Hall–Kier alpha value is -1.39. The van der Waals surface area contributed by atoms with Gasteiger partial charge in [-0.2, -0.15) is 0 Å². The number of hydrogen-bond donors (Lipinski definition) is 2. The number of halogens is 1. The lowest BCUT2D eigenvalue weighted by Crippen LogP contribution is -2.49. The zero-order chi connectivity index (χ0) is 14.8. The third-order valence-electron chi connectivity index (χ3n) is 3.31. The van der Waals surface area contributed by atoms with Crippen LogP contribution in [-0.4, -0.2) is 18.0 Å². The predicted molar refractivity (Wildman–Crippen MR) is 88.0 cm³/mol. The highest BCUT2D eigenvalue weighted by Gasteiger charge is 2.26. The van der Waals surface area contributed by atoms with Crippen LogP contribution in [0.3, 0.4) is 0 Å². The molecule has 0 aliphatic heterocycles. The second kappa shape index (κ2) is 5.94. The standard InChI is InChI=1S/C16H19BrN2O/c1-4-18-16(2,3)15(20)19-14-10-9-13(17)11-7-5-6-8-12(11)14/h5-10,18H,4H2,1-3H3,(H,19,20). The van der Waals surface area contributed by atoms with Gasteiger partial charge in [0.25, 0.3) is 0 Å². The van der Waals surface area contributed by atoms with Crippen LogP contribution in [-0.2, 0) is 4.79 Å². The molecule has 106 valence electrons. The van der Waals surface area contributed by atoms with Gasteiger partial charge in [0, 0.05) is 15.5 Å². The normalized spacial score (nSPS) is 11.6. The number of anilines is 1. The van der Waals surface area contributed by atoms with Crippen molar-refractivity contribution in [2.75, 3.05) is 11.9 Å². The highest BCUT2D eigenvalue weighted by molar-refractivity contribution is 9.10. The average Bonchev–Trinajstić information content (AvgIpc) is 2.42. The molecule has 0 saturated heterocycles. The molecule has 0 atom stereocenters. The number of amides is 1. The van der Waals surface area contributed by atoms with Gasteiger partial charge in [0.1, 0.15) is 0 Å². The largest absolute Gasteiger partial charge is 0.324 e. The second-order valence-electron chi connectivity index (χ2n) is 5.25. The van der Waals surface area contributed by atoms with Crippen LogP contribution in [0.5, 0.6) is 0 Å². The maximum atomic E-state index is 12.4. The Morgan fingerprint density at radius 1 is 1.15 bits per heavy atom. The number of hydrogen-bond acceptors (Lipinski definition) is 2. The number of nitrogens with one attached hydrogen (secondary N) is 2. The lowest BCUT2D eigenvalue weighted by atomic mass is 10.0. The fraction of sp³-hybridized carbons (Fsp3) is 0.312. The molecule has 2 N–H and O–H groups in total. The van der Waals surface area contributed by atoms with Crippen molar-refractivity contribution in [1.29, 1.82) is 0 Å². The molecular formula is C16H19BrN2O. The van der Waals surface area contributed by atoms with Crippen LogP contribution in [0.15, 0.2) is 40.9 Å². The van der Waals surface area contributed by atoms with Gasteiger partial charge in [0.05, 0.1) is 5.54 Å². The van der Waals surface area contributed by atoms with Crippen molar-refractivity contribution < 1.29 is 4.79 Å². The maximum Gasteiger partial charge on any atom is 0.244 e. The van der Waals surface area contributed by atoms with Crippen molar-refractivity contribution in [2.24, 2.45) is 0 Å². The van der Waals surface area contributed by atoms with Gasteiger partial charge in [-0.05, 0) is 37.9 Å². The number of benzene rings is 2. The van der Waals surface area contributed by atoms with Crippen molar-refractivity contribution in [2.45, 2.75) is 26.3 Å². The monoisotopic (exact) mass is 334 g/mol. The topological polar surface area (TPSA) is 41.1 Å². The quantitative estimate of drug-likeness (QED) is 0.889. The van der Waals surface area contributed by atoms with E-state index < -0.39 is 5.54 Å². The summed E-state index contributed by atoms with van der Waals surface area (Å²) in [5, 5.41) is 8.31. The number of rotatable bonds is 4. The van der Waals surface area contributed by atoms with Crippen LogP contribution in [0.1, 0.15) is 20.8 Å². The van der Waals surface area contributed by atoms with E-state index in [9.17, 15) is 4.79 Å². The summed E-state index contributed by atoms with van der Waals surface area (Å²) in [6.07, 6.45) is 0. The summed E-state index contributed by atoms with van der Waals surface area (Å²) in [4.78, 5) is 12.4. The first-order chi connectivity index (χ1) is 9.45. The van der Waals surface area contributed by atoms with E-state index in [1.54, 1.807) is 0 Å². The Balaban J connectivity index is 2.35. The molecule has 0 aliphatic rings. The van der Waals surface area contributed by atoms with Crippen LogP contribution in [0.25, 0.3) is 10.8 Å². The van der Waals surface area contributed by atoms with Gasteiger partial charge < -0.3 is 10.6 Å². The molecule has 1 amide bonds. The summed E-state index contributed by atoms with van der Waals surface area (Å²) in [6, 6.07) is 11.9. The van der Waals surface area contributed by atoms with Crippen molar-refractivity contribution in [3.63, 3.8) is 0 Å². The molecule has 4 heteroatoms. The van der Waals surface area contributed by atoms with Crippen LogP contribution >= 0.6 is 15.9 Å². The van der Waals surface area contributed by atoms with Gasteiger partial charge in [0.2, 0.25) is 5.91 Å². The molecule has 0 unspecified atom stereocenters. The first-order valence-electron chi connectivity index (χ1n) is 6.69. The molecule has 0 bridgehead atoms. The Morgan fingerprint density at radius 3 is 2.45 bits per heavy atom. The van der Waals surface area contributed by atoms with Crippen LogP contribution in [0.2, 0.25) is 0 Å². The Kier molecular flexibility index (Phi) is 4.45. The minimum atomic E-state index is -0.594. The van der Waals surface area contributed by atoms with Gasteiger partial charge in [-0.1, -0.05) is 47.1 Å². The Labute approximate surface area is 127 Å². The second-order valence-corrected chi connectivity index (χ2v) is 6.10. The number of carbonyl (C=O) groups excluding carboxylic acids is 1. The lowest BCUT2D eigenvalue weighted by Gasteiger charge is -2.25. The molecule has 0 heterocycles. The van der Waals surface area contributed by atoms with Crippen molar-refractivity contribution in [3.8, 4) is 0 Å². The zero-order valence-electron chi connectivity index (χ0n) is 12.0. The molecule has 0 saturated carbocycles. The van der Waals surface area contributed by atoms with E-state index in [2.05, 4.69) is 26.6 Å². The van der Waals surface area contributed by atoms with E-state index in [0.717, 1.165) is 27.5 Å². The summed E-state index contributed by atoms with van der Waals surface area (Å²) < 4.78 is 1.03. The summed E-state index contributed by atoms with van der Waals surface area (Å²) in [7, 11) is 0. The number of fused-ring (bicyclic) bond motifs is 1. The first-order valence-corrected chi connectivity index (χ1v) is 7.48. The molecule has 3 nitrogen and oxygen atoms in total. The highest BCUT2D eigenvalue weighted by Crippen LogP contribution is 2.30. The third kappa shape index (κ3) is 3.02. The first kappa shape index (κ1) is 15.0. The summed E-state index contributed by atoms with van der Waals surface area (Å²) in [5.41, 5.74) is 0.239. The van der Waals surface area contributed by atoms with E-state index in [1.807, 2.05) is 57.2 Å². The van der Waals surface area contributed by atoms with E-state index in [4.69, 9.17) is 0 Å². The summed E-state index contributed by atoms with van der Waals surface area (Å²) in [6.45, 7) is 6.51. The number of carbonyl (C=O) groups is 1. The van der Waals surface area contributed by atoms with E-state index in [-0.39, 0.29) is 5.91 Å². The summed E-state index contributed by atoms with van der Waals surface area (Å²) >= 11 is 3.54. The Bertz CT molecular complexity index is 637. The highest BCUT2D eigenvalue weighted by atomic mass is 79.9. The molecule has 0 radical (unpaired) electrons. The maximum absolute atomic E-state index is 12.4. The van der Waals surface area contributed by atoms with Gasteiger partial charge in [-0.15, -0.1) is 0 Å². The fourth-order valence-corrected chi connectivity index (χ4v) is 2.65. The molecular weight excluding hydrogens is 316 g/mol. The zero-order valence-corrected chi connectivity index (χ0v) is 13.5. The minimum absolute atomic E-state index is 0.0353. The molecule has 0 aromatic heterocycles. The molecule has 2 aromatic rings. The smallest absolute Gasteiger partial charge is 0.244 e. The van der Waals surface area contributed by atoms with Gasteiger partial charge in [-0.25, -0.2) is 0 Å². The minimum Gasteiger partial charge on any atom is -0.324 e. The van der Waals surface area contributed by atoms with Crippen molar-refractivity contribution in [3.05, 3.63) is 40.9 Å². The van der Waals surface area contributed by atoms with Crippen LogP contribution in [0.4, 0.5) is 5.69 Å². The molecule has 2 rings (SSSR count). The molecule has 0 aliphatic carbocycles. The van der Waals surface area contributed by atoms with E-state index >= 15 is 0 Å². The van der Waals surface area contributed by atoms with Crippen molar-refractivity contribution >= 4 is 38.3 Å². The average molecular weight is 335 g/mol. The molecule has 0 spiro atoms. The van der Waals surface area contributed by atoms with Gasteiger partial charge in [-0.3, -0.25) is 4.79 Å². The van der Waals surface area contributed by atoms with Crippen LogP contribution in [0, 0.1) is 0 Å². The molecule has 0 fully saturated rings. The number of likely N-dealkylation sites (N-methyl/N-ethyl adjacent to an activating group) is 1. The van der Waals surface area contributed by atoms with Gasteiger partial charge >= 0.3 is 0 Å². The van der Waals surface area contributed by atoms with Crippen molar-refractivity contribution in [1.82, 2.24) is 5.32 Å². The predicted octanol–water partition coefficient (Wildman–Crippen LogP) is 3.93. The lowest BCUT2D eigenvalue weighted by molar-refractivity contribution is -0.121.